The molecule has 1 amide bonds. The predicted octanol–water partition coefficient (Wildman–Crippen LogP) is 2.58. The third-order valence-corrected chi connectivity index (χ3v) is 5.94. The van der Waals surface area contributed by atoms with Gasteiger partial charge in [0.1, 0.15) is 6.04 Å². The second-order valence-electron chi connectivity index (χ2n) is 7.66. The normalized spacial score (nSPS) is 36.6. The standard InChI is InChI=1S/C18H25NO3/c1-2-3-4-5-15(16(20)21)19-17(22)18-9-12-6-13(10-18)8-14(7-12)11-18/h1,12-15H,3-11H2,(H,19,22)(H,20,21)/t12?,13?,14?,15-,18?/m0/s1. The molecule has 120 valence electrons. The maximum atomic E-state index is 12.8. The van der Waals surface area contributed by atoms with Crippen molar-refractivity contribution in [3.63, 3.8) is 0 Å². The third kappa shape index (κ3) is 2.86. The predicted molar refractivity (Wildman–Crippen MR) is 82.9 cm³/mol. The fourth-order valence-corrected chi connectivity index (χ4v) is 5.37. The topological polar surface area (TPSA) is 66.4 Å². The van der Waals surface area contributed by atoms with E-state index in [9.17, 15) is 14.7 Å². The van der Waals surface area contributed by atoms with Gasteiger partial charge in [0.15, 0.2) is 0 Å². The highest BCUT2D eigenvalue weighted by Crippen LogP contribution is 2.60. The number of carbonyl (C=O) groups is 2. The number of nitrogens with one attached hydrogen (secondary N) is 1. The minimum absolute atomic E-state index is 0.0142. The number of amides is 1. The molecule has 4 nitrogen and oxygen atoms in total. The Balaban J connectivity index is 1.65. The lowest BCUT2D eigenvalue weighted by Gasteiger charge is -2.55. The summed E-state index contributed by atoms with van der Waals surface area (Å²) in [5.41, 5.74) is -0.283. The number of hydrogen-bond acceptors (Lipinski definition) is 2. The molecule has 1 atom stereocenters. The fraction of sp³-hybridized carbons (Fsp3) is 0.778. The van der Waals surface area contributed by atoms with E-state index < -0.39 is 12.0 Å². The molecule has 0 aromatic carbocycles. The molecule has 4 saturated carbocycles. The second kappa shape index (κ2) is 5.95. The zero-order chi connectivity index (χ0) is 15.7. The first-order valence-corrected chi connectivity index (χ1v) is 8.49. The van der Waals surface area contributed by atoms with Crippen LogP contribution >= 0.6 is 0 Å². The van der Waals surface area contributed by atoms with Crippen LogP contribution in [0.25, 0.3) is 0 Å². The summed E-state index contributed by atoms with van der Waals surface area (Å²) in [6, 6.07) is -0.797. The molecule has 0 unspecified atom stereocenters. The van der Waals surface area contributed by atoms with Gasteiger partial charge in [-0.3, -0.25) is 4.79 Å². The van der Waals surface area contributed by atoms with E-state index in [0.717, 1.165) is 19.3 Å². The summed E-state index contributed by atoms with van der Waals surface area (Å²) in [6.45, 7) is 0. The second-order valence-corrected chi connectivity index (χ2v) is 7.66. The van der Waals surface area contributed by atoms with Gasteiger partial charge in [0.2, 0.25) is 5.91 Å². The minimum atomic E-state index is -0.949. The van der Waals surface area contributed by atoms with Crippen LogP contribution < -0.4 is 5.32 Å². The molecule has 0 aliphatic heterocycles. The molecule has 4 rings (SSSR count). The Morgan fingerprint density at radius 3 is 2.18 bits per heavy atom. The van der Waals surface area contributed by atoms with E-state index in [1.54, 1.807) is 0 Å². The number of carbonyl (C=O) groups excluding carboxylic acids is 1. The van der Waals surface area contributed by atoms with Gasteiger partial charge in [0.25, 0.3) is 0 Å². The molecular formula is C18H25NO3. The number of aliphatic carboxylic acids is 1. The van der Waals surface area contributed by atoms with Crippen LogP contribution in [0.5, 0.6) is 0 Å². The van der Waals surface area contributed by atoms with E-state index >= 15 is 0 Å². The Kier molecular flexibility index (Phi) is 4.16. The molecule has 2 N–H and O–H groups in total. The third-order valence-electron chi connectivity index (χ3n) is 5.94. The van der Waals surface area contributed by atoms with Crippen LogP contribution in [0.1, 0.15) is 57.8 Å². The van der Waals surface area contributed by atoms with E-state index in [4.69, 9.17) is 6.42 Å². The van der Waals surface area contributed by atoms with E-state index in [-0.39, 0.29) is 11.3 Å². The van der Waals surface area contributed by atoms with Crippen molar-refractivity contribution in [3.05, 3.63) is 0 Å². The van der Waals surface area contributed by atoms with Crippen LogP contribution in [0.2, 0.25) is 0 Å². The van der Waals surface area contributed by atoms with E-state index in [1.807, 2.05) is 0 Å². The van der Waals surface area contributed by atoms with Gasteiger partial charge in [0.05, 0.1) is 0 Å². The van der Waals surface area contributed by atoms with Crippen molar-refractivity contribution in [2.24, 2.45) is 23.2 Å². The lowest BCUT2D eigenvalue weighted by Crippen LogP contribution is -2.56. The van der Waals surface area contributed by atoms with Gasteiger partial charge in [-0.05, 0) is 69.1 Å². The molecule has 0 aromatic heterocycles. The summed E-state index contributed by atoms with van der Waals surface area (Å²) in [6.07, 6.45) is 13.5. The first kappa shape index (κ1) is 15.4. The van der Waals surface area contributed by atoms with E-state index in [2.05, 4.69) is 11.2 Å². The maximum absolute atomic E-state index is 12.8. The van der Waals surface area contributed by atoms with Crippen molar-refractivity contribution in [1.29, 1.82) is 0 Å². The lowest BCUT2D eigenvalue weighted by atomic mass is 9.49. The quantitative estimate of drug-likeness (QED) is 0.585. The average Bonchev–Trinajstić information content (AvgIpc) is 2.44. The van der Waals surface area contributed by atoms with E-state index in [1.165, 1.54) is 19.3 Å². The fourth-order valence-electron chi connectivity index (χ4n) is 5.37. The first-order valence-electron chi connectivity index (χ1n) is 8.49. The average molecular weight is 303 g/mol. The van der Waals surface area contributed by atoms with Crippen LogP contribution in [-0.2, 0) is 9.59 Å². The zero-order valence-corrected chi connectivity index (χ0v) is 13.0. The number of terminal acetylenes is 1. The number of hydrogen-bond donors (Lipinski definition) is 2. The zero-order valence-electron chi connectivity index (χ0n) is 13.0. The Hall–Kier alpha value is -1.50. The highest BCUT2D eigenvalue weighted by molar-refractivity contribution is 5.87. The van der Waals surface area contributed by atoms with Gasteiger partial charge in [-0.1, -0.05) is 0 Å². The molecule has 0 saturated heterocycles. The molecule has 22 heavy (non-hydrogen) atoms. The molecular weight excluding hydrogens is 278 g/mol. The summed E-state index contributed by atoms with van der Waals surface area (Å²) >= 11 is 0. The molecule has 0 heterocycles. The van der Waals surface area contributed by atoms with Crippen molar-refractivity contribution in [2.75, 3.05) is 0 Å². The Labute approximate surface area is 132 Å². The highest BCUT2D eigenvalue weighted by Gasteiger charge is 2.54. The molecule has 4 heteroatoms. The smallest absolute Gasteiger partial charge is 0.326 e. The first-order chi connectivity index (χ1) is 10.5. The van der Waals surface area contributed by atoms with E-state index in [0.29, 0.717) is 37.0 Å². The summed E-state index contributed by atoms with van der Waals surface area (Å²) in [5, 5.41) is 12.2. The lowest BCUT2D eigenvalue weighted by molar-refractivity contribution is -0.151. The van der Waals surface area contributed by atoms with Gasteiger partial charge in [-0.2, -0.15) is 0 Å². The molecule has 4 aliphatic carbocycles. The van der Waals surface area contributed by atoms with Crippen molar-refractivity contribution < 1.29 is 14.7 Å². The Morgan fingerprint density at radius 2 is 1.73 bits per heavy atom. The molecule has 4 aliphatic rings. The highest BCUT2D eigenvalue weighted by atomic mass is 16.4. The largest absolute Gasteiger partial charge is 0.480 e. The van der Waals surface area contributed by atoms with Gasteiger partial charge < -0.3 is 10.4 Å². The number of rotatable bonds is 6. The number of carboxylic acid groups (broad SMARTS) is 1. The van der Waals surface area contributed by atoms with Gasteiger partial charge in [-0.15, -0.1) is 12.3 Å². The van der Waals surface area contributed by atoms with Crippen LogP contribution in [0.4, 0.5) is 0 Å². The molecule has 0 aromatic rings. The Bertz CT molecular complexity index is 470. The summed E-state index contributed by atoms with van der Waals surface area (Å²) in [7, 11) is 0. The molecule has 0 radical (unpaired) electrons. The molecule has 0 spiro atoms. The number of carboxylic acids is 1. The molecule has 4 bridgehead atoms. The van der Waals surface area contributed by atoms with Gasteiger partial charge in [-0.25, -0.2) is 4.79 Å². The minimum Gasteiger partial charge on any atom is -0.480 e. The van der Waals surface area contributed by atoms with Crippen LogP contribution in [0.15, 0.2) is 0 Å². The van der Waals surface area contributed by atoms with Crippen molar-refractivity contribution in [1.82, 2.24) is 5.32 Å². The van der Waals surface area contributed by atoms with Crippen LogP contribution in [0, 0.1) is 35.5 Å². The summed E-state index contributed by atoms with van der Waals surface area (Å²) < 4.78 is 0. The van der Waals surface area contributed by atoms with Crippen LogP contribution in [0.3, 0.4) is 0 Å². The van der Waals surface area contributed by atoms with Gasteiger partial charge in [0, 0.05) is 11.8 Å². The Morgan fingerprint density at radius 1 is 1.18 bits per heavy atom. The maximum Gasteiger partial charge on any atom is 0.326 e. The van der Waals surface area contributed by atoms with Gasteiger partial charge >= 0.3 is 5.97 Å². The number of unbranched alkanes of at least 4 members (excludes halogenated alkanes) is 1. The monoisotopic (exact) mass is 303 g/mol. The molecule has 4 fully saturated rings. The summed E-state index contributed by atoms with van der Waals surface area (Å²) in [5.74, 6) is 3.60. The van der Waals surface area contributed by atoms with Crippen LogP contribution in [-0.4, -0.2) is 23.0 Å². The SMILES string of the molecule is C#CCCC[C@H](NC(=O)C12CC3CC(CC(C3)C1)C2)C(=O)O. The summed E-state index contributed by atoms with van der Waals surface area (Å²) in [4.78, 5) is 24.2. The van der Waals surface area contributed by atoms with Crippen molar-refractivity contribution in [2.45, 2.75) is 63.8 Å². The van der Waals surface area contributed by atoms with Crippen molar-refractivity contribution in [3.8, 4) is 12.3 Å². The van der Waals surface area contributed by atoms with Crippen molar-refractivity contribution >= 4 is 11.9 Å².